The first-order valence-corrected chi connectivity index (χ1v) is 7.92. The highest BCUT2D eigenvalue weighted by molar-refractivity contribution is 7.21. The fourth-order valence-corrected chi connectivity index (χ4v) is 4.04. The summed E-state index contributed by atoms with van der Waals surface area (Å²) >= 11 is 7.91. The van der Waals surface area contributed by atoms with Crippen LogP contribution in [-0.2, 0) is 0 Å². The largest absolute Gasteiger partial charge is 0.335 e. The molecule has 3 nitrogen and oxygen atoms in total. The van der Waals surface area contributed by atoms with E-state index in [0.717, 1.165) is 36.3 Å². The van der Waals surface area contributed by atoms with Crippen LogP contribution in [0.5, 0.6) is 0 Å². The van der Waals surface area contributed by atoms with Gasteiger partial charge in [-0.15, -0.1) is 11.3 Å². The van der Waals surface area contributed by atoms with Crippen molar-refractivity contribution in [2.75, 3.05) is 33.2 Å². The van der Waals surface area contributed by atoms with Crippen molar-refractivity contribution in [3.63, 3.8) is 0 Å². The van der Waals surface area contributed by atoms with Gasteiger partial charge in [0.2, 0.25) is 0 Å². The van der Waals surface area contributed by atoms with Gasteiger partial charge < -0.3 is 9.80 Å². The van der Waals surface area contributed by atoms with Crippen molar-refractivity contribution in [3.8, 4) is 0 Å². The average Bonchev–Trinajstić information content (AvgIpc) is 2.75. The molecule has 3 rings (SSSR count). The highest BCUT2D eigenvalue weighted by atomic mass is 35.5. The van der Waals surface area contributed by atoms with Crippen LogP contribution in [0.3, 0.4) is 0 Å². The van der Waals surface area contributed by atoms with Crippen LogP contribution in [0.15, 0.2) is 18.2 Å². The van der Waals surface area contributed by atoms with Crippen molar-refractivity contribution >= 4 is 38.9 Å². The first kappa shape index (κ1) is 13.9. The summed E-state index contributed by atoms with van der Waals surface area (Å²) in [5.74, 6) is 0.0713. The highest BCUT2D eigenvalue weighted by Crippen LogP contribution is 2.36. The number of nitrogens with zero attached hydrogens (tertiary/aromatic N) is 2. The second kappa shape index (κ2) is 5.35. The molecule has 0 bridgehead atoms. The van der Waals surface area contributed by atoms with Crippen LogP contribution in [-0.4, -0.2) is 48.9 Å². The van der Waals surface area contributed by atoms with E-state index in [2.05, 4.69) is 24.9 Å². The molecule has 106 valence electrons. The Balaban J connectivity index is 1.93. The Morgan fingerprint density at radius 3 is 2.65 bits per heavy atom. The fourth-order valence-electron chi connectivity index (χ4n) is 2.46. The molecule has 0 saturated carbocycles. The van der Waals surface area contributed by atoms with Crippen LogP contribution in [0, 0.1) is 6.92 Å². The van der Waals surface area contributed by atoms with Crippen LogP contribution in [0.2, 0.25) is 5.02 Å². The molecule has 0 atom stereocenters. The molecule has 0 N–H and O–H groups in total. The summed E-state index contributed by atoms with van der Waals surface area (Å²) in [4.78, 5) is 17.4. The zero-order valence-corrected chi connectivity index (χ0v) is 13.2. The Hall–Kier alpha value is -1.10. The molecule has 1 aliphatic heterocycles. The lowest BCUT2D eigenvalue weighted by atomic mass is 10.2. The summed E-state index contributed by atoms with van der Waals surface area (Å²) in [6.07, 6.45) is 0. The molecule has 0 spiro atoms. The zero-order chi connectivity index (χ0) is 14.3. The maximum absolute atomic E-state index is 12.6. The highest BCUT2D eigenvalue weighted by Gasteiger charge is 2.24. The molecule has 1 aliphatic rings. The van der Waals surface area contributed by atoms with E-state index in [1.165, 1.54) is 16.9 Å². The van der Waals surface area contributed by atoms with Crippen molar-refractivity contribution in [2.24, 2.45) is 0 Å². The summed E-state index contributed by atoms with van der Waals surface area (Å²) in [6.45, 7) is 5.45. The number of fused-ring (bicyclic) bond motifs is 1. The van der Waals surface area contributed by atoms with Gasteiger partial charge in [0.25, 0.3) is 5.91 Å². The van der Waals surface area contributed by atoms with E-state index in [0.29, 0.717) is 9.90 Å². The molecule has 1 aromatic carbocycles. The summed E-state index contributed by atoms with van der Waals surface area (Å²) in [6, 6.07) is 6.13. The Morgan fingerprint density at radius 2 is 1.95 bits per heavy atom. The molecule has 2 heterocycles. The summed E-state index contributed by atoms with van der Waals surface area (Å²) < 4.78 is 1.09. The van der Waals surface area contributed by atoms with E-state index in [1.54, 1.807) is 0 Å². The Labute approximate surface area is 127 Å². The van der Waals surface area contributed by atoms with Crippen molar-refractivity contribution in [1.29, 1.82) is 0 Å². The molecule has 2 aromatic rings. The van der Waals surface area contributed by atoms with Gasteiger partial charge in [0, 0.05) is 36.3 Å². The molecule has 0 radical (unpaired) electrons. The number of rotatable bonds is 1. The molecular formula is C15H17ClN2OS. The van der Waals surface area contributed by atoms with E-state index in [1.807, 2.05) is 17.0 Å². The second-order valence-electron chi connectivity index (χ2n) is 5.34. The SMILES string of the molecule is Cc1ccc2c(Cl)c(C(=O)N3CCN(C)CC3)sc2c1. The number of piperazine rings is 1. The van der Waals surface area contributed by atoms with Crippen molar-refractivity contribution in [1.82, 2.24) is 9.80 Å². The van der Waals surface area contributed by atoms with E-state index in [-0.39, 0.29) is 5.91 Å². The quantitative estimate of drug-likeness (QED) is 0.807. The number of thiophene rings is 1. The minimum Gasteiger partial charge on any atom is -0.335 e. The molecule has 1 aromatic heterocycles. The number of carbonyl (C=O) groups excluding carboxylic acids is 1. The van der Waals surface area contributed by atoms with E-state index >= 15 is 0 Å². The van der Waals surface area contributed by atoms with E-state index < -0.39 is 0 Å². The number of likely N-dealkylation sites (N-methyl/N-ethyl adjacent to an activating group) is 1. The molecule has 1 fully saturated rings. The summed E-state index contributed by atoms with van der Waals surface area (Å²) in [5, 5.41) is 1.59. The first-order chi connectivity index (χ1) is 9.56. The van der Waals surface area contributed by atoms with Gasteiger partial charge >= 0.3 is 0 Å². The van der Waals surface area contributed by atoms with Gasteiger partial charge in [0.05, 0.1) is 5.02 Å². The van der Waals surface area contributed by atoms with E-state index in [9.17, 15) is 4.79 Å². The standard InChI is InChI=1S/C15H17ClN2OS/c1-10-3-4-11-12(9-10)20-14(13(11)16)15(19)18-7-5-17(2)6-8-18/h3-4,9H,5-8H2,1-2H3. The molecular weight excluding hydrogens is 292 g/mol. The minimum absolute atomic E-state index is 0.0713. The summed E-state index contributed by atoms with van der Waals surface area (Å²) in [5.41, 5.74) is 1.19. The lowest BCUT2D eigenvalue weighted by Crippen LogP contribution is -2.47. The molecule has 1 saturated heterocycles. The monoisotopic (exact) mass is 308 g/mol. The number of carbonyl (C=O) groups is 1. The normalized spacial score (nSPS) is 16.9. The zero-order valence-electron chi connectivity index (χ0n) is 11.6. The number of aryl methyl sites for hydroxylation is 1. The number of amides is 1. The molecule has 0 unspecified atom stereocenters. The number of hydrogen-bond acceptors (Lipinski definition) is 3. The minimum atomic E-state index is 0.0713. The predicted octanol–water partition coefficient (Wildman–Crippen LogP) is 3.25. The van der Waals surface area contributed by atoms with Crippen LogP contribution in [0.1, 0.15) is 15.2 Å². The Bertz CT molecular complexity index is 659. The predicted molar refractivity (Wildman–Crippen MR) is 85.0 cm³/mol. The number of halogens is 1. The van der Waals surface area contributed by atoms with Gasteiger partial charge in [-0.05, 0) is 25.6 Å². The van der Waals surface area contributed by atoms with Crippen LogP contribution < -0.4 is 0 Å². The maximum atomic E-state index is 12.6. The van der Waals surface area contributed by atoms with Gasteiger partial charge in [0.15, 0.2) is 0 Å². The topological polar surface area (TPSA) is 23.6 Å². The van der Waals surface area contributed by atoms with Gasteiger partial charge in [0.1, 0.15) is 4.88 Å². The molecule has 5 heteroatoms. The van der Waals surface area contributed by atoms with Crippen molar-refractivity contribution in [3.05, 3.63) is 33.7 Å². The third-order valence-corrected chi connectivity index (χ3v) is 5.41. The van der Waals surface area contributed by atoms with Gasteiger partial charge in [-0.25, -0.2) is 0 Å². The second-order valence-corrected chi connectivity index (χ2v) is 6.77. The third kappa shape index (κ3) is 2.43. The van der Waals surface area contributed by atoms with Crippen LogP contribution in [0.4, 0.5) is 0 Å². The summed E-state index contributed by atoms with van der Waals surface area (Å²) in [7, 11) is 2.08. The van der Waals surface area contributed by atoms with Crippen molar-refractivity contribution < 1.29 is 4.79 Å². The number of hydrogen-bond donors (Lipinski definition) is 0. The van der Waals surface area contributed by atoms with Gasteiger partial charge in [-0.3, -0.25) is 4.79 Å². The van der Waals surface area contributed by atoms with Crippen molar-refractivity contribution in [2.45, 2.75) is 6.92 Å². The average molecular weight is 309 g/mol. The lowest BCUT2D eigenvalue weighted by Gasteiger charge is -2.32. The molecule has 20 heavy (non-hydrogen) atoms. The third-order valence-electron chi connectivity index (χ3n) is 3.77. The van der Waals surface area contributed by atoms with Crippen LogP contribution >= 0.6 is 22.9 Å². The lowest BCUT2D eigenvalue weighted by molar-refractivity contribution is 0.0669. The Morgan fingerprint density at radius 1 is 1.25 bits per heavy atom. The first-order valence-electron chi connectivity index (χ1n) is 6.73. The van der Waals surface area contributed by atoms with Gasteiger partial charge in [-0.1, -0.05) is 23.7 Å². The maximum Gasteiger partial charge on any atom is 0.265 e. The smallest absolute Gasteiger partial charge is 0.265 e. The van der Waals surface area contributed by atoms with E-state index in [4.69, 9.17) is 11.6 Å². The molecule has 0 aliphatic carbocycles. The fraction of sp³-hybridized carbons (Fsp3) is 0.400. The number of benzene rings is 1. The molecule has 1 amide bonds. The van der Waals surface area contributed by atoms with Gasteiger partial charge in [-0.2, -0.15) is 0 Å². The van der Waals surface area contributed by atoms with Crippen LogP contribution in [0.25, 0.3) is 10.1 Å². The Kier molecular flexibility index (Phi) is 3.71.